The van der Waals surface area contributed by atoms with Gasteiger partial charge in [0.2, 0.25) is 0 Å². The second-order valence-electron chi connectivity index (χ2n) is 5.33. The Morgan fingerprint density at radius 1 is 1.24 bits per heavy atom. The zero-order valence-electron chi connectivity index (χ0n) is 11.4. The fourth-order valence-electron chi connectivity index (χ4n) is 2.21. The number of hydrogen-bond donors (Lipinski definition) is 1. The van der Waals surface area contributed by atoms with Crippen molar-refractivity contribution in [1.29, 1.82) is 0 Å². The Hall–Kier alpha value is -1.82. The van der Waals surface area contributed by atoms with E-state index in [-0.39, 0.29) is 0 Å². The third-order valence-electron chi connectivity index (χ3n) is 3.54. The average Bonchev–Trinajstić information content (AvgIpc) is 3.17. The summed E-state index contributed by atoms with van der Waals surface area (Å²) < 4.78 is 39.9. The zero-order chi connectivity index (χ0) is 14.9. The van der Waals surface area contributed by atoms with Crippen LogP contribution in [0.3, 0.4) is 0 Å². The van der Waals surface area contributed by atoms with Crippen LogP contribution in [0.25, 0.3) is 0 Å². The van der Waals surface area contributed by atoms with Crippen molar-refractivity contribution in [1.82, 2.24) is 15.1 Å². The number of aromatic nitrogens is 2. The lowest BCUT2D eigenvalue weighted by molar-refractivity contribution is -0.137. The highest BCUT2D eigenvalue weighted by Crippen LogP contribution is 2.29. The normalized spacial score (nSPS) is 15.4. The van der Waals surface area contributed by atoms with Crippen molar-refractivity contribution >= 4 is 0 Å². The second kappa shape index (κ2) is 5.52. The lowest BCUT2D eigenvalue weighted by atomic mass is 10.1. The molecule has 21 heavy (non-hydrogen) atoms. The van der Waals surface area contributed by atoms with E-state index < -0.39 is 11.7 Å². The van der Waals surface area contributed by atoms with Crippen LogP contribution in [0.5, 0.6) is 0 Å². The van der Waals surface area contributed by atoms with E-state index in [2.05, 4.69) is 10.4 Å². The van der Waals surface area contributed by atoms with Crippen LogP contribution < -0.4 is 5.32 Å². The highest BCUT2D eigenvalue weighted by atomic mass is 19.4. The van der Waals surface area contributed by atoms with Crippen LogP contribution in [0, 0.1) is 0 Å². The van der Waals surface area contributed by atoms with Crippen molar-refractivity contribution in [2.75, 3.05) is 0 Å². The van der Waals surface area contributed by atoms with Gasteiger partial charge >= 0.3 is 6.18 Å². The first kappa shape index (κ1) is 14.1. The average molecular weight is 295 g/mol. The summed E-state index contributed by atoms with van der Waals surface area (Å²) >= 11 is 0. The molecule has 0 amide bonds. The molecule has 1 aliphatic rings. The molecule has 0 atom stereocenters. The molecule has 1 aliphatic carbocycles. The Balaban J connectivity index is 1.72. The number of nitrogens with one attached hydrogen (secondary N) is 1. The van der Waals surface area contributed by atoms with E-state index in [0.29, 0.717) is 24.7 Å². The fraction of sp³-hybridized carbons (Fsp3) is 0.400. The Kier molecular flexibility index (Phi) is 3.71. The Morgan fingerprint density at radius 2 is 2.05 bits per heavy atom. The van der Waals surface area contributed by atoms with Crippen LogP contribution in [0.15, 0.2) is 36.5 Å². The maximum absolute atomic E-state index is 12.7. The van der Waals surface area contributed by atoms with Gasteiger partial charge in [-0.15, -0.1) is 0 Å². The van der Waals surface area contributed by atoms with E-state index in [1.807, 2.05) is 6.07 Å². The maximum atomic E-state index is 12.7. The molecule has 0 spiro atoms. The third-order valence-corrected chi connectivity index (χ3v) is 3.54. The van der Waals surface area contributed by atoms with Crippen molar-refractivity contribution < 1.29 is 13.2 Å². The molecule has 6 heteroatoms. The molecule has 0 aliphatic heterocycles. The molecule has 0 unspecified atom stereocenters. The van der Waals surface area contributed by atoms with Gasteiger partial charge in [-0.05, 0) is 36.6 Å². The summed E-state index contributed by atoms with van der Waals surface area (Å²) in [4.78, 5) is 0. The van der Waals surface area contributed by atoms with Crippen LogP contribution in [-0.2, 0) is 19.3 Å². The summed E-state index contributed by atoms with van der Waals surface area (Å²) in [5.41, 5.74) is 0.963. The minimum Gasteiger partial charge on any atom is -0.308 e. The number of rotatable bonds is 5. The molecule has 1 saturated carbocycles. The molecule has 0 bridgehead atoms. The Labute approximate surface area is 120 Å². The Morgan fingerprint density at radius 3 is 2.76 bits per heavy atom. The molecule has 1 aromatic carbocycles. The van der Waals surface area contributed by atoms with Crippen LogP contribution in [0.1, 0.15) is 29.7 Å². The molecule has 112 valence electrons. The number of nitrogens with zero attached hydrogens (tertiary/aromatic N) is 2. The van der Waals surface area contributed by atoms with Gasteiger partial charge in [0, 0.05) is 18.8 Å². The van der Waals surface area contributed by atoms with E-state index in [4.69, 9.17) is 0 Å². The molecule has 0 radical (unpaired) electrons. The minimum atomic E-state index is -4.31. The SMILES string of the molecule is FC(F)(F)c1cccc(Cn2nccc2CNC2CC2)c1. The number of halogens is 3. The molecule has 3 rings (SSSR count). The van der Waals surface area contributed by atoms with Crippen molar-refractivity contribution in [3.8, 4) is 0 Å². The first-order valence-corrected chi connectivity index (χ1v) is 6.92. The van der Waals surface area contributed by atoms with Gasteiger partial charge in [-0.2, -0.15) is 18.3 Å². The summed E-state index contributed by atoms with van der Waals surface area (Å²) in [5, 5.41) is 7.58. The first-order valence-electron chi connectivity index (χ1n) is 6.92. The Bertz CT molecular complexity index is 615. The van der Waals surface area contributed by atoms with E-state index >= 15 is 0 Å². The van der Waals surface area contributed by atoms with Crippen LogP contribution >= 0.6 is 0 Å². The monoisotopic (exact) mass is 295 g/mol. The largest absolute Gasteiger partial charge is 0.416 e. The molecule has 2 aromatic rings. The highest BCUT2D eigenvalue weighted by molar-refractivity contribution is 5.26. The van der Waals surface area contributed by atoms with Gasteiger partial charge in [-0.1, -0.05) is 12.1 Å². The number of alkyl halides is 3. The van der Waals surface area contributed by atoms with Gasteiger partial charge in [-0.25, -0.2) is 0 Å². The van der Waals surface area contributed by atoms with E-state index in [0.717, 1.165) is 11.8 Å². The molecule has 1 aromatic heterocycles. The van der Waals surface area contributed by atoms with Gasteiger partial charge in [0.05, 0.1) is 17.8 Å². The van der Waals surface area contributed by atoms with Crippen molar-refractivity contribution in [2.24, 2.45) is 0 Å². The van der Waals surface area contributed by atoms with E-state index in [1.165, 1.54) is 25.0 Å². The van der Waals surface area contributed by atoms with Gasteiger partial charge < -0.3 is 5.32 Å². The summed E-state index contributed by atoms with van der Waals surface area (Å²) in [6.45, 7) is 1.04. The van der Waals surface area contributed by atoms with Crippen molar-refractivity contribution in [2.45, 2.75) is 38.1 Å². The van der Waals surface area contributed by atoms with Gasteiger partial charge in [-0.3, -0.25) is 4.68 Å². The maximum Gasteiger partial charge on any atom is 0.416 e. The summed E-state index contributed by atoms with van der Waals surface area (Å²) in [6.07, 6.45) is -0.239. The molecule has 0 saturated heterocycles. The summed E-state index contributed by atoms with van der Waals surface area (Å²) in [6, 6.07) is 7.87. The standard InChI is InChI=1S/C15H16F3N3/c16-15(17,18)12-3-1-2-11(8-12)10-21-14(6-7-20-21)9-19-13-4-5-13/h1-3,6-8,13,19H,4-5,9-10H2. The van der Waals surface area contributed by atoms with Crippen molar-refractivity contribution in [3.05, 3.63) is 53.3 Å². The summed E-state index contributed by atoms with van der Waals surface area (Å²) in [7, 11) is 0. The molecular formula is C15H16F3N3. The minimum absolute atomic E-state index is 0.346. The number of hydrogen-bond acceptors (Lipinski definition) is 2. The molecular weight excluding hydrogens is 279 g/mol. The van der Waals surface area contributed by atoms with Gasteiger partial charge in [0.25, 0.3) is 0 Å². The van der Waals surface area contributed by atoms with E-state index in [9.17, 15) is 13.2 Å². The van der Waals surface area contributed by atoms with Crippen LogP contribution in [0.2, 0.25) is 0 Å². The lowest BCUT2D eigenvalue weighted by Gasteiger charge is -2.11. The lowest BCUT2D eigenvalue weighted by Crippen LogP contribution is -2.19. The topological polar surface area (TPSA) is 29.9 Å². The predicted molar refractivity (Wildman–Crippen MR) is 72.6 cm³/mol. The van der Waals surface area contributed by atoms with Gasteiger partial charge in [0.15, 0.2) is 0 Å². The quantitative estimate of drug-likeness (QED) is 0.918. The van der Waals surface area contributed by atoms with Gasteiger partial charge in [0.1, 0.15) is 0 Å². The fourth-order valence-corrected chi connectivity index (χ4v) is 2.21. The predicted octanol–water partition coefficient (Wildman–Crippen LogP) is 3.20. The molecule has 1 fully saturated rings. The number of benzene rings is 1. The molecule has 1 heterocycles. The molecule has 1 N–H and O–H groups in total. The smallest absolute Gasteiger partial charge is 0.308 e. The zero-order valence-corrected chi connectivity index (χ0v) is 11.4. The third kappa shape index (κ3) is 3.64. The first-order chi connectivity index (χ1) is 10.0. The van der Waals surface area contributed by atoms with E-state index in [1.54, 1.807) is 16.9 Å². The van der Waals surface area contributed by atoms with Crippen LogP contribution in [-0.4, -0.2) is 15.8 Å². The highest BCUT2D eigenvalue weighted by Gasteiger charge is 2.30. The molecule has 3 nitrogen and oxygen atoms in total. The summed E-state index contributed by atoms with van der Waals surface area (Å²) in [5.74, 6) is 0. The van der Waals surface area contributed by atoms with Crippen LogP contribution in [0.4, 0.5) is 13.2 Å². The van der Waals surface area contributed by atoms with Crippen molar-refractivity contribution in [3.63, 3.8) is 0 Å². The second-order valence-corrected chi connectivity index (χ2v) is 5.33.